The number of rotatable bonds is 4. The number of ether oxygens (including phenoxy) is 1. The van der Waals surface area contributed by atoms with Crippen LogP contribution in [-0.2, 0) is 9.59 Å². The Labute approximate surface area is 140 Å². The SMILES string of the molecule is COc1cc(NC(=O)[C@@H]2CCCN2C(=O)CN)cc2ccccc12. The first kappa shape index (κ1) is 16.3. The minimum atomic E-state index is -0.460. The van der Waals surface area contributed by atoms with Gasteiger partial charge in [-0.2, -0.15) is 0 Å². The first-order valence-corrected chi connectivity index (χ1v) is 8.01. The van der Waals surface area contributed by atoms with E-state index in [0.717, 1.165) is 17.2 Å². The third-order valence-electron chi connectivity index (χ3n) is 4.36. The van der Waals surface area contributed by atoms with Gasteiger partial charge in [0.2, 0.25) is 11.8 Å². The Bertz CT molecular complexity index is 775. The summed E-state index contributed by atoms with van der Waals surface area (Å²) in [4.78, 5) is 26.0. The summed E-state index contributed by atoms with van der Waals surface area (Å²) in [5.41, 5.74) is 6.08. The molecule has 1 aliphatic heterocycles. The summed E-state index contributed by atoms with van der Waals surface area (Å²) in [6, 6.07) is 11.1. The van der Waals surface area contributed by atoms with Crippen molar-refractivity contribution in [2.75, 3.05) is 25.5 Å². The zero-order chi connectivity index (χ0) is 17.1. The highest BCUT2D eigenvalue weighted by atomic mass is 16.5. The Morgan fingerprint density at radius 1 is 1.33 bits per heavy atom. The molecule has 2 amide bonds. The minimum Gasteiger partial charge on any atom is -0.496 e. The molecular weight excluding hydrogens is 306 g/mol. The van der Waals surface area contributed by atoms with Crippen LogP contribution in [0.3, 0.4) is 0 Å². The summed E-state index contributed by atoms with van der Waals surface area (Å²) in [7, 11) is 1.60. The van der Waals surface area contributed by atoms with Crippen molar-refractivity contribution in [1.29, 1.82) is 0 Å². The summed E-state index contributed by atoms with van der Waals surface area (Å²) in [5.74, 6) is 0.320. The minimum absolute atomic E-state index is 0.0758. The quantitative estimate of drug-likeness (QED) is 0.896. The van der Waals surface area contributed by atoms with Crippen molar-refractivity contribution < 1.29 is 14.3 Å². The average molecular weight is 327 g/mol. The van der Waals surface area contributed by atoms with Gasteiger partial charge >= 0.3 is 0 Å². The van der Waals surface area contributed by atoms with Gasteiger partial charge in [0, 0.05) is 23.7 Å². The molecule has 126 valence electrons. The first-order chi connectivity index (χ1) is 11.6. The van der Waals surface area contributed by atoms with Crippen LogP contribution >= 0.6 is 0 Å². The van der Waals surface area contributed by atoms with Crippen LogP contribution in [0.5, 0.6) is 5.75 Å². The highest BCUT2D eigenvalue weighted by molar-refractivity contribution is 6.00. The number of carbonyl (C=O) groups excluding carboxylic acids is 2. The van der Waals surface area contributed by atoms with Crippen molar-refractivity contribution >= 4 is 28.3 Å². The van der Waals surface area contributed by atoms with Gasteiger partial charge in [-0.1, -0.05) is 24.3 Å². The van der Waals surface area contributed by atoms with Crippen LogP contribution in [0.25, 0.3) is 10.8 Å². The molecular formula is C18H21N3O3. The van der Waals surface area contributed by atoms with E-state index in [1.54, 1.807) is 18.1 Å². The standard InChI is InChI=1S/C18H21N3O3/c1-24-16-10-13(9-12-5-2-3-6-14(12)16)20-18(23)15-7-4-8-21(15)17(22)11-19/h2-3,5-6,9-10,15H,4,7-8,11,19H2,1H3,(H,20,23)/t15-/m0/s1. The second kappa shape index (κ2) is 6.88. The summed E-state index contributed by atoms with van der Waals surface area (Å²) in [6.07, 6.45) is 1.47. The van der Waals surface area contributed by atoms with Gasteiger partial charge in [0.25, 0.3) is 0 Å². The molecule has 3 N–H and O–H groups in total. The number of hydrogen-bond acceptors (Lipinski definition) is 4. The third kappa shape index (κ3) is 3.05. The van der Waals surface area contributed by atoms with Gasteiger partial charge in [0.1, 0.15) is 11.8 Å². The molecule has 0 spiro atoms. The molecule has 1 atom stereocenters. The third-order valence-corrected chi connectivity index (χ3v) is 4.36. The van der Waals surface area contributed by atoms with Gasteiger partial charge in [0.05, 0.1) is 13.7 Å². The summed E-state index contributed by atoms with van der Waals surface area (Å²) in [5, 5.41) is 4.87. The van der Waals surface area contributed by atoms with Crippen molar-refractivity contribution in [2.24, 2.45) is 5.73 Å². The molecule has 24 heavy (non-hydrogen) atoms. The molecule has 6 nitrogen and oxygen atoms in total. The molecule has 0 radical (unpaired) electrons. The Hall–Kier alpha value is -2.60. The van der Waals surface area contributed by atoms with Crippen LogP contribution in [-0.4, -0.2) is 43.0 Å². The molecule has 2 aromatic carbocycles. The number of methoxy groups -OCH3 is 1. The van der Waals surface area contributed by atoms with Crippen molar-refractivity contribution in [1.82, 2.24) is 4.90 Å². The van der Waals surface area contributed by atoms with Crippen LogP contribution in [0.2, 0.25) is 0 Å². The van der Waals surface area contributed by atoms with Crippen molar-refractivity contribution in [3.8, 4) is 5.75 Å². The van der Waals surface area contributed by atoms with Gasteiger partial charge in [-0.25, -0.2) is 0 Å². The second-order valence-corrected chi connectivity index (χ2v) is 5.84. The summed E-state index contributed by atoms with van der Waals surface area (Å²) in [6.45, 7) is 0.503. The number of amides is 2. The van der Waals surface area contributed by atoms with E-state index in [1.807, 2.05) is 30.3 Å². The highest BCUT2D eigenvalue weighted by Gasteiger charge is 2.33. The van der Waals surface area contributed by atoms with E-state index in [4.69, 9.17) is 10.5 Å². The molecule has 1 fully saturated rings. The Morgan fingerprint density at radius 3 is 2.88 bits per heavy atom. The van der Waals surface area contributed by atoms with Gasteiger partial charge < -0.3 is 20.7 Å². The molecule has 3 rings (SSSR count). The van der Waals surface area contributed by atoms with E-state index in [0.29, 0.717) is 24.4 Å². The largest absolute Gasteiger partial charge is 0.496 e. The first-order valence-electron chi connectivity index (χ1n) is 8.01. The second-order valence-electron chi connectivity index (χ2n) is 5.84. The van der Waals surface area contributed by atoms with E-state index < -0.39 is 6.04 Å². The maximum Gasteiger partial charge on any atom is 0.247 e. The number of nitrogens with one attached hydrogen (secondary N) is 1. The van der Waals surface area contributed by atoms with Crippen molar-refractivity contribution in [3.63, 3.8) is 0 Å². The van der Waals surface area contributed by atoms with Crippen LogP contribution in [0.1, 0.15) is 12.8 Å². The number of likely N-dealkylation sites (tertiary alicyclic amines) is 1. The van der Waals surface area contributed by atoms with Crippen LogP contribution in [0.15, 0.2) is 36.4 Å². The number of benzene rings is 2. The topological polar surface area (TPSA) is 84.7 Å². The number of hydrogen-bond donors (Lipinski definition) is 2. The molecule has 6 heteroatoms. The van der Waals surface area contributed by atoms with Gasteiger partial charge in [-0.3, -0.25) is 9.59 Å². The molecule has 0 aliphatic carbocycles. The smallest absolute Gasteiger partial charge is 0.247 e. The lowest BCUT2D eigenvalue weighted by Gasteiger charge is -2.23. The molecule has 0 unspecified atom stereocenters. The normalized spacial score (nSPS) is 17.1. The molecule has 0 aromatic heterocycles. The lowest BCUT2D eigenvalue weighted by molar-refractivity contribution is -0.135. The zero-order valence-electron chi connectivity index (χ0n) is 13.6. The van der Waals surface area contributed by atoms with E-state index in [2.05, 4.69) is 5.32 Å². The fourth-order valence-electron chi connectivity index (χ4n) is 3.20. The zero-order valence-corrected chi connectivity index (χ0v) is 13.6. The number of nitrogens with zero attached hydrogens (tertiary/aromatic N) is 1. The lowest BCUT2D eigenvalue weighted by Crippen LogP contribution is -2.45. The molecule has 1 heterocycles. The predicted molar refractivity (Wildman–Crippen MR) is 92.9 cm³/mol. The molecule has 1 aliphatic rings. The Morgan fingerprint density at radius 2 is 2.12 bits per heavy atom. The lowest BCUT2D eigenvalue weighted by atomic mass is 10.1. The summed E-state index contributed by atoms with van der Waals surface area (Å²) >= 11 is 0. The van der Waals surface area contributed by atoms with E-state index >= 15 is 0 Å². The fraction of sp³-hybridized carbons (Fsp3) is 0.333. The van der Waals surface area contributed by atoms with Crippen LogP contribution in [0.4, 0.5) is 5.69 Å². The number of fused-ring (bicyclic) bond motifs is 1. The number of nitrogens with two attached hydrogens (primary N) is 1. The molecule has 2 aromatic rings. The number of anilines is 1. The predicted octanol–water partition coefficient (Wildman–Crippen LogP) is 1.74. The van der Waals surface area contributed by atoms with E-state index in [1.165, 1.54) is 0 Å². The molecule has 0 saturated carbocycles. The number of carbonyl (C=O) groups is 2. The van der Waals surface area contributed by atoms with E-state index in [-0.39, 0.29) is 18.4 Å². The Kier molecular flexibility index (Phi) is 4.66. The van der Waals surface area contributed by atoms with Crippen LogP contribution < -0.4 is 15.8 Å². The fourth-order valence-corrected chi connectivity index (χ4v) is 3.20. The monoisotopic (exact) mass is 327 g/mol. The van der Waals surface area contributed by atoms with Crippen molar-refractivity contribution in [2.45, 2.75) is 18.9 Å². The van der Waals surface area contributed by atoms with Gasteiger partial charge in [0.15, 0.2) is 0 Å². The van der Waals surface area contributed by atoms with Gasteiger partial charge in [-0.15, -0.1) is 0 Å². The van der Waals surface area contributed by atoms with Crippen molar-refractivity contribution in [3.05, 3.63) is 36.4 Å². The Balaban J connectivity index is 1.84. The molecule has 1 saturated heterocycles. The average Bonchev–Trinajstić information content (AvgIpc) is 3.10. The van der Waals surface area contributed by atoms with Crippen LogP contribution in [0, 0.1) is 0 Å². The maximum atomic E-state index is 12.6. The van der Waals surface area contributed by atoms with Gasteiger partial charge in [-0.05, 0) is 24.3 Å². The maximum absolute atomic E-state index is 12.6. The summed E-state index contributed by atoms with van der Waals surface area (Å²) < 4.78 is 5.42. The highest BCUT2D eigenvalue weighted by Crippen LogP contribution is 2.30. The molecule has 0 bridgehead atoms. The van der Waals surface area contributed by atoms with E-state index in [9.17, 15) is 9.59 Å².